The molecule has 1 aromatic heterocycles. The summed E-state index contributed by atoms with van der Waals surface area (Å²) in [5.74, 6) is 1.40. The topological polar surface area (TPSA) is 87.6 Å². The highest BCUT2D eigenvalue weighted by Gasteiger charge is 2.34. The van der Waals surface area contributed by atoms with Crippen molar-refractivity contribution >= 4 is 35.1 Å². The molecule has 8 heteroatoms. The van der Waals surface area contributed by atoms with Gasteiger partial charge in [-0.25, -0.2) is 0 Å². The molecule has 0 unspecified atom stereocenters. The molecule has 0 spiro atoms. The molecule has 0 bridgehead atoms. The minimum absolute atomic E-state index is 0.171. The molecule has 1 fully saturated rings. The van der Waals surface area contributed by atoms with Crippen LogP contribution in [0.15, 0.2) is 86.5 Å². The standard InChI is InChI=1S/C23H19N3O4S/c1-29-19-10-6-16(7-11-19)13-21-22(28)26(15-20-3-2-12-30-20)23(31-21)25-24-14-17-4-8-18(27)9-5-17/h2-14,27H,15H2,1H3/b21-13-,24-14+,25-23-. The fourth-order valence-electron chi connectivity index (χ4n) is 2.84. The van der Waals surface area contributed by atoms with Gasteiger partial charge in [0.2, 0.25) is 0 Å². The Labute approximate surface area is 183 Å². The van der Waals surface area contributed by atoms with E-state index in [0.29, 0.717) is 15.8 Å². The minimum Gasteiger partial charge on any atom is -0.508 e. The zero-order chi connectivity index (χ0) is 21.6. The molecular weight excluding hydrogens is 414 g/mol. The molecule has 0 saturated carbocycles. The number of aromatic hydroxyl groups is 1. The number of phenolic OH excluding ortho intramolecular Hbond substituents is 1. The summed E-state index contributed by atoms with van der Waals surface area (Å²) < 4.78 is 10.6. The molecule has 156 valence electrons. The number of amides is 1. The van der Waals surface area contributed by atoms with Crippen LogP contribution in [0, 0.1) is 0 Å². The van der Waals surface area contributed by atoms with Gasteiger partial charge in [0.1, 0.15) is 17.3 Å². The average molecular weight is 433 g/mol. The number of rotatable bonds is 6. The lowest BCUT2D eigenvalue weighted by molar-refractivity contribution is -0.122. The zero-order valence-corrected chi connectivity index (χ0v) is 17.5. The number of carbonyl (C=O) groups excluding carboxylic acids is 1. The van der Waals surface area contributed by atoms with Gasteiger partial charge in [-0.15, -0.1) is 5.10 Å². The van der Waals surface area contributed by atoms with E-state index in [4.69, 9.17) is 9.15 Å². The van der Waals surface area contributed by atoms with Crippen LogP contribution in [-0.4, -0.2) is 34.4 Å². The zero-order valence-electron chi connectivity index (χ0n) is 16.6. The van der Waals surface area contributed by atoms with Crippen molar-refractivity contribution in [2.24, 2.45) is 10.2 Å². The summed E-state index contributed by atoms with van der Waals surface area (Å²) in [5.41, 5.74) is 1.66. The lowest BCUT2D eigenvalue weighted by Gasteiger charge is -2.12. The molecule has 0 aliphatic carbocycles. The maximum absolute atomic E-state index is 13.1. The summed E-state index contributed by atoms with van der Waals surface area (Å²) in [7, 11) is 1.61. The van der Waals surface area contributed by atoms with Crippen molar-refractivity contribution < 1.29 is 19.1 Å². The Morgan fingerprint density at radius 1 is 1.10 bits per heavy atom. The first-order valence-corrected chi connectivity index (χ1v) is 10.2. The van der Waals surface area contributed by atoms with Gasteiger partial charge in [0, 0.05) is 0 Å². The molecule has 7 nitrogen and oxygen atoms in total. The molecule has 4 rings (SSSR count). The molecule has 1 aliphatic heterocycles. The van der Waals surface area contributed by atoms with Crippen LogP contribution in [0.1, 0.15) is 16.9 Å². The molecule has 1 saturated heterocycles. The van der Waals surface area contributed by atoms with Gasteiger partial charge in [0.25, 0.3) is 5.91 Å². The number of carbonyl (C=O) groups is 1. The van der Waals surface area contributed by atoms with Crippen LogP contribution in [0.5, 0.6) is 11.5 Å². The summed E-state index contributed by atoms with van der Waals surface area (Å²) in [4.78, 5) is 15.1. The lowest BCUT2D eigenvalue weighted by atomic mass is 10.2. The number of hydrogen-bond donors (Lipinski definition) is 1. The number of thioether (sulfide) groups is 1. The van der Waals surface area contributed by atoms with E-state index in [-0.39, 0.29) is 18.2 Å². The van der Waals surface area contributed by atoms with Gasteiger partial charge in [-0.1, -0.05) is 12.1 Å². The number of methoxy groups -OCH3 is 1. The van der Waals surface area contributed by atoms with Gasteiger partial charge in [-0.05, 0) is 77.5 Å². The predicted molar refractivity (Wildman–Crippen MR) is 121 cm³/mol. The van der Waals surface area contributed by atoms with Gasteiger partial charge in [0.05, 0.1) is 31.0 Å². The van der Waals surface area contributed by atoms with Gasteiger partial charge in [-0.2, -0.15) is 5.10 Å². The van der Waals surface area contributed by atoms with Crippen LogP contribution in [0.2, 0.25) is 0 Å². The van der Waals surface area contributed by atoms with E-state index in [1.807, 2.05) is 30.3 Å². The fraction of sp³-hybridized carbons (Fsp3) is 0.0870. The third-order valence-electron chi connectivity index (χ3n) is 4.44. The average Bonchev–Trinajstić information content (AvgIpc) is 3.40. The first-order chi connectivity index (χ1) is 15.1. The highest BCUT2D eigenvalue weighted by Crippen LogP contribution is 2.34. The van der Waals surface area contributed by atoms with Crippen molar-refractivity contribution in [2.45, 2.75) is 6.54 Å². The van der Waals surface area contributed by atoms with E-state index in [1.54, 1.807) is 56.0 Å². The minimum atomic E-state index is -0.171. The number of furan rings is 1. The summed E-state index contributed by atoms with van der Waals surface area (Å²) >= 11 is 1.25. The lowest BCUT2D eigenvalue weighted by Crippen LogP contribution is -2.28. The van der Waals surface area contributed by atoms with Crippen molar-refractivity contribution in [3.05, 3.63) is 88.7 Å². The number of amidine groups is 1. The number of hydrogen-bond acceptors (Lipinski definition) is 7. The van der Waals surface area contributed by atoms with Crippen molar-refractivity contribution in [1.82, 2.24) is 4.90 Å². The highest BCUT2D eigenvalue weighted by molar-refractivity contribution is 8.18. The van der Waals surface area contributed by atoms with Crippen LogP contribution in [0.3, 0.4) is 0 Å². The maximum Gasteiger partial charge on any atom is 0.267 e. The quantitative estimate of drug-likeness (QED) is 0.351. The van der Waals surface area contributed by atoms with Crippen LogP contribution in [-0.2, 0) is 11.3 Å². The maximum atomic E-state index is 13.1. The van der Waals surface area contributed by atoms with Crippen molar-refractivity contribution in [1.29, 1.82) is 0 Å². The Morgan fingerprint density at radius 3 is 2.52 bits per heavy atom. The van der Waals surface area contributed by atoms with E-state index in [9.17, 15) is 9.90 Å². The van der Waals surface area contributed by atoms with Gasteiger partial charge < -0.3 is 14.3 Å². The summed E-state index contributed by atoms with van der Waals surface area (Å²) in [6, 6.07) is 17.6. The van der Waals surface area contributed by atoms with E-state index in [0.717, 1.165) is 16.9 Å². The fourth-order valence-corrected chi connectivity index (χ4v) is 3.77. The van der Waals surface area contributed by atoms with Gasteiger partial charge in [0.15, 0.2) is 5.17 Å². The largest absolute Gasteiger partial charge is 0.508 e. The molecule has 0 atom stereocenters. The van der Waals surface area contributed by atoms with Crippen LogP contribution < -0.4 is 4.74 Å². The molecule has 2 heterocycles. The number of benzene rings is 2. The van der Waals surface area contributed by atoms with Crippen molar-refractivity contribution in [2.75, 3.05) is 7.11 Å². The first-order valence-electron chi connectivity index (χ1n) is 9.40. The Kier molecular flexibility index (Phi) is 6.18. The third kappa shape index (κ3) is 5.04. The third-order valence-corrected chi connectivity index (χ3v) is 5.44. The van der Waals surface area contributed by atoms with E-state index in [2.05, 4.69) is 10.2 Å². The normalized spacial score (nSPS) is 16.7. The van der Waals surface area contributed by atoms with E-state index in [1.165, 1.54) is 16.7 Å². The Balaban J connectivity index is 1.59. The SMILES string of the molecule is COc1ccc(/C=C2\S/C(=N\N=C\c3ccc(O)cc3)N(Cc3ccco3)C2=O)cc1. The highest BCUT2D eigenvalue weighted by atomic mass is 32.2. The van der Waals surface area contributed by atoms with E-state index >= 15 is 0 Å². The van der Waals surface area contributed by atoms with Crippen molar-refractivity contribution in [3.63, 3.8) is 0 Å². The number of nitrogens with zero attached hydrogens (tertiary/aromatic N) is 3. The summed E-state index contributed by atoms with van der Waals surface area (Å²) in [5, 5.41) is 18.2. The molecule has 2 aromatic carbocycles. The van der Waals surface area contributed by atoms with Crippen LogP contribution in [0.25, 0.3) is 6.08 Å². The van der Waals surface area contributed by atoms with Gasteiger partial charge in [-0.3, -0.25) is 9.69 Å². The smallest absolute Gasteiger partial charge is 0.267 e. The predicted octanol–water partition coefficient (Wildman–Crippen LogP) is 4.50. The Morgan fingerprint density at radius 2 is 1.84 bits per heavy atom. The Bertz CT molecular complexity index is 1130. The second kappa shape index (κ2) is 9.36. The van der Waals surface area contributed by atoms with Gasteiger partial charge >= 0.3 is 0 Å². The number of ether oxygens (including phenoxy) is 1. The van der Waals surface area contributed by atoms with Crippen LogP contribution >= 0.6 is 11.8 Å². The molecule has 1 N–H and O–H groups in total. The van der Waals surface area contributed by atoms with E-state index < -0.39 is 0 Å². The second-order valence-electron chi connectivity index (χ2n) is 6.57. The molecule has 3 aromatic rings. The second-order valence-corrected chi connectivity index (χ2v) is 7.58. The number of phenols is 1. The molecule has 1 amide bonds. The molecular formula is C23H19N3O4S. The monoisotopic (exact) mass is 433 g/mol. The first kappa shape index (κ1) is 20.5. The Hall–Kier alpha value is -3.78. The van der Waals surface area contributed by atoms with Crippen LogP contribution in [0.4, 0.5) is 0 Å². The van der Waals surface area contributed by atoms with Crippen molar-refractivity contribution in [3.8, 4) is 11.5 Å². The molecule has 31 heavy (non-hydrogen) atoms. The molecule has 0 radical (unpaired) electrons. The summed E-state index contributed by atoms with van der Waals surface area (Å²) in [6.07, 6.45) is 4.94. The summed E-state index contributed by atoms with van der Waals surface area (Å²) in [6.45, 7) is 0.256. The molecule has 1 aliphatic rings.